The second-order valence-corrected chi connectivity index (χ2v) is 6.98. The van der Waals surface area contributed by atoms with E-state index in [1.807, 2.05) is 6.92 Å². The number of thioether (sulfide) groups is 1. The summed E-state index contributed by atoms with van der Waals surface area (Å²) in [5, 5.41) is 11.0. The Labute approximate surface area is 155 Å². The molecule has 1 amide bonds. The minimum Gasteiger partial charge on any atom is -0.548 e. The summed E-state index contributed by atoms with van der Waals surface area (Å²) in [6, 6.07) is 4.20. The molecule has 1 fully saturated rings. The molecule has 0 aromatic heterocycles. The molecule has 0 saturated carbocycles. The summed E-state index contributed by atoms with van der Waals surface area (Å²) >= 11 is 6.17. The quantitative estimate of drug-likeness (QED) is 0.527. The van der Waals surface area contributed by atoms with E-state index < -0.39 is 17.9 Å². The largest absolute Gasteiger partial charge is 0.548 e. The fraction of sp³-hybridized carbons (Fsp3) is 0.353. The first-order chi connectivity index (χ1) is 11.9. The first kappa shape index (κ1) is 19.3. The van der Waals surface area contributed by atoms with Gasteiger partial charge in [0.05, 0.1) is 30.6 Å². The number of ether oxygens (including phenoxy) is 2. The Morgan fingerprint density at radius 1 is 1.44 bits per heavy atom. The van der Waals surface area contributed by atoms with Crippen molar-refractivity contribution < 1.29 is 24.2 Å². The summed E-state index contributed by atoms with van der Waals surface area (Å²) in [6.07, 6.45) is 2.53. The van der Waals surface area contributed by atoms with Gasteiger partial charge in [-0.3, -0.25) is 9.69 Å². The van der Waals surface area contributed by atoms with Crippen molar-refractivity contribution in [2.45, 2.75) is 26.3 Å². The number of rotatable bonds is 7. The van der Waals surface area contributed by atoms with Crippen molar-refractivity contribution in [2.75, 3.05) is 13.7 Å². The highest BCUT2D eigenvalue weighted by molar-refractivity contribution is 8.26. The highest BCUT2D eigenvalue weighted by atomic mass is 32.2. The Hall–Kier alpha value is -2.06. The maximum absolute atomic E-state index is 12.4. The van der Waals surface area contributed by atoms with Crippen molar-refractivity contribution in [1.82, 2.24) is 4.90 Å². The molecular weight excluding hydrogens is 362 g/mol. The SMILES string of the molecule is CCCOc1ccc(/C=C2\SC(=S)N([C@H](C)C(=O)[O-])C2=O)cc1OC. The van der Waals surface area contributed by atoms with E-state index in [4.69, 9.17) is 21.7 Å². The van der Waals surface area contributed by atoms with Crippen LogP contribution < -0.4 is 14.6 Å². The van der Waals surface area contributed by atoms with Crippen LogP contribution in [0.1, 0.15) is 25.8 Å². The van der Waals surface area contributed by atoms with Gasteiger partial charge >= 0.3 is 0 Å². The molecule has 8 heteroatoms. The van der Waals surface area contributed by atoms with Gasteiger partial charge in [0, 0.05) is 0 Å². The molecule has 0 unspecified atom stereocenters. The summed E-state index contributed by atoms with van der Waals surface area (Å²) in [5.74, 6) is -0.617. The molecule has 1 aliphatic rings. The third kappa shape index (κ3) is 4.32. The van der Waals surface area contributed by atoms with Gasteiger partial charge in [0.2, 0.25) is 0 Å². The highest BCUT2D eigenvalue weighted by Crippen LogP contribution is 2.35. The Kier molecular flexibility index (Phi) is 6.44. The smallest absolute Gasteiger partial charge is 0.266 e. The van der Waals surface area contributed by atoms with Gasteiger partial charge in [-0.25, -0.2) is 0 Å². The standard InChI is InChI=1S/C17H19NO5S2/c1-4-7-23-12-6-5-11(8-13(12)22-3)9-14-15(19)18(17(24)25-14)10(2)16(20)21/h5-6,8-10H,4,7H2,1-3H3,(H,20,21)/p-1/b14-9-/t10-/m1/s1. The number of carboxylic acids is 1. The second kappa shape index (κ2) is 8.35. The summed E-state index contributed by atoms with van der Waals surface area (Å²) in [4.78, 5) is 24.9. The lowest BCUT2D eigenvalue weighted by Crippen LogP contribution is -2.48. The lowest BCUT2D eigenvalue weighted by molar-refractivity contribution is -0.309. The van der Waals surface area contributed by atoms with Gasteiger partial charge < -0.3 is 19.4 Å². The Morgan fingerprint density at radius 2 is 2.16 bits per heavy atom. The van der Waals surface area contributed by atoms with Gasteiger partial charge in [0.15, 0.2) is 11.5 Å². The molecule has 1 aromatic carbocycles. The first-order valence-electron chi connectivity index (χ1n) is 7.67. The summed E-state index contributed by atoms with van der Waals surface area (Å²) in [6.45, 7) is 3.96. The summed E-state index contributed by atoms with van der Waals surface area (Å²) in [7, 11) is 1.54. The number of methoxy groups -OCH3 is 1. The molecule has 0 N–H and O–H groups in total. The van der Waals surface area contributed by atoms with Gasteiger partial charge in [-0.15, -0.1) is 0 Å². The average molecular weight is 380 g/mol. The molecule has 0 radical (unpaired) electrons. The van der Waals surface area contributed by atoms with Gasteiger partial charge in [-0.1, -0.05) is 37.0 Å². The summed E-state index contributed by atoms with van der Waals surface area (Å²) in [5.41, 5.74) is 0.724. The molecule has 2 rings (SSSR count). The highest BCUT2D eigenvalue weighted by Gasteiger charge is 2.35. The van der Waals surface area contributed by atoms with Crippen molar-refractivity contribution in [3.63, 3.8) is 0 Å². The average Bonchev–Trinajstić information content (AvgIpc) is 2.86. The van der Waals surface area contributed by atoms with Crippen LogP contribution in [0.3, 0.4) is 0 Å². The van der Waals surface area contributed by atoms with Crippen molar-refractivity contribution in [3.8, 4) is 11.5 Å². The zero-order valence-corrected chi connectivity index (χ0v) is 15.7. The van der Waals surface area contributed by atoms with Crippen LogP contribution in [0.25, 0.3) is 6.08 Å². The Balaban J connectivity index is 2.27. The van der Waals surface area contributed by atoms with Crippen LogP contribution in [-0.2, 0) is 9.59 Å². The Bertz CT molecular complexity index is 732. The molecule has 1 saturated heterocycles. The van der Waals surface area contributed by atoms with Crippen LogP contribution in [0.2, 0.25) is 0 Å². The number of thiocarbonyl (C=S) groups is 1. The van der Waals surface area contributed by atoms with Crippen molar-refractivity contribution in [2.24, 2.45) is 0 Å². The molecule has 0 aliphatic carbocycles. The number of carbonyl (C=O) groups excluding carboxylic acids is 2. The van der Waals surface area contributed by atoms with E-state index in [2.05, 4.69) is 0 Å². The molecule has 1 heterocycles. The monoisotopic (exact) mass is 380 g/mol. The summed E-state index contributed by atoms with van der Waals surface area (Å²) < 4.78 is 11.1. The first-order valence-corrected chi connectivity index (χ1v) is 8.90. The van der Waals surface area contributed by atoms with E-state index in [0.29, 0.717) is 23.0 Å². The second-order valence-electron chi connectivity index (χ2n) is 5.31. The van der Waals surface area contributed by atoms with Gasteiger partial charge in [0.25, 0.3) is 5.91 Å². The number of amides is 1. The molecule has 1 atom stereocenters. The molecule has 134 valence electrons. The normalized spacial score (nSPS) is 17.1. The van der Waals surface area contributed by atoms with Crippen LogP contribution in [0, 0.1) is 0 Å². The lowest BCUT2D eigenvalue weighted by atomic mass is 10.1. The van der Waals surface area contributed by atoms with Crippen molar-refractivity contribution in [1.29, 1.82) is 0 Å². The van der Waals surface area contributed by atoms with E-state index in [1.54, 1.807) is 31.4 Å². The number of nitrogens with zero attached hydrogens (tertiary/aromatic N) is 1. The maximum Gasteiger partial charge on any atom is 0.266 e. The number of hydrogen-bond acceptors (Lipinski definition) is 7. The van der Waals surface area contributed by atoms with Crippen molar-refractivity contribution in [3.05, 3.63) is 28.7 Å². The van der Waals surface area contributed by atoms with E-state index in [9.17, 15) is 14.7 Å². The molecule has 6 nitrogen and oxygen atoms in total. The fourth-order valence-electron chi connectivity index (χ4n) is 2.18. The lowest BCUT2D eigenvalue weighted by Gasteiger charge is -2.23. The van der Waals surface area contributed by atoms with Gasteiger partial charge in [-0.2, -0.15) is 0 Å². The number of benzene rings is 1. The van der Waals surface area contributed by atoms with Crippen LogP contribution >= 0.6 is 24.0 Å². The molecular formula is C17H18NO5S2-. The van der Waals surface area contributed by atoms with Crippen LogP contribution in [0.4, 0.5) is 0 Å². The number of hydrogen-bond donors (Lipinski definition) is 0. The van der Waals surface area contributed by atoms with E-state index in [0.717, 1.165) is 28.6 Å². The van der Waals surface area contributed by atoms with E-state index >= 15 is 0 Å². The van der Waals surface area contributed by atoms with Gasteiger partial charge in [0.1, 0.15) is 4.32 Å². The van der Waals surface area contributed by atoms with Gasteiger partial charge in [-0.05, 0) is 37.1 Å². The topological polar surface area (TPSA) is 78.9 Å². The predicted molar refractivity (Wildman–Crippen MR) is 98.3 cm³/mol. The molecule has 1 aromatic rings. The van der Waals surface area contributed by atoms with Crippen LogP contribution in [0.5, 0.6) is 11.5 Å². The maximum atomic E-state index is 12.4. The molecule has 0 bridgehead atoms. The zero-order valence-electron chi connectivity index (χ0n) is 14.1. The Morgan fingerprint density at radius 3 is 2.76 bits per heavy atom. The van der Waals surface area contributed by atoms with E-state index in [1.165, 1.54) is 6.92 Å². The third-order valence-electron chi connectivity index (χ3n) is 3.50. The molecule has 0 spiro atoms. The third-order valence-corrected chi connectivity index (χ3v) is 4.83. The number of carbonyl (C=O) groups is 2. The predicted octanol–water partition coefficient (Wildman–Crippen LogP) is 1.82. The van der Waals surface area contributed by atoms with Crippen LogP contribution in [0.15, 0.2) is 23.1 Å². The van der Waals surface area contributed by atoms with E-state index in [-0.39, 0.29) is 4.32 Å². The minimum atomic E-state index is -1.35. The molecule has 25 heavy (non-hydrogen) atoms. The number of carboxylic acid groups (broad SMARTS) is 1. The fourth-order valence-corrected chi connectivity index (χ4v) is 3.59. The minimum absolute atomic E-state index is 0.197. The molecule has 1 aliphatic heterocycles. The van der Waals surface area contributed by atoms with Crippen molar-refractivity contribution >= 4 is 46.3 Å². The zero-order chi connectivity index (χ0) is 18.6. The van der Waals surface area contributed by atoms with Crippen LogP contribution in [-0.4, -0.2) is 40.9 Å². The number of aliphatic carboxylic acids is 1.